The molecule has 0 saturated carbocycles. The van der Waals surface area contributed by atoms with Gasteiger partial charge in [-0.05, 0) is 12.0 Å². The summed E-state index contributed by atoms with van der Waals surface area (Å²) in [6.07, 6.45) is -0.0966. The van der Waals surface area contributed by atoms with Gasteiger partial charge < -0.3 is 5.11 Å². The minimum Gasteiger partial charge on any atom is -0.481 e. The van der Waals surface area contributed by atoms with Gasteiger partial charge in [0.2, 0.25) is 10.0 Å². The molecule has 0 spiro atoms. The fourth-order valence-corrected chi connectivity index (χ4v) is 2.52. The molecule has 0 aliphatic carbocycles. The molecular formula is C13H17NO5S. The van der Waals surface area contributed by atoms with Crippen LogP contribution in [0.25, 0.3) is 0 Å². The van der Waals surface area contributed by atoms with Crippen LogP contribution in [0.4, 0.5) is 0 Å². The molecule has 110 valence electrons. The van der Waals surface area contributed by atoms with E-state index < -0.39 is 21.8 Å². The third kappa shape index (κ3) is 7.01. The Kier molecular flexibility index (Phi) is 6.33. The van der Waals surface area contributed by atoms with Crippen LogP contribution in [0.15, 0.2) is 30.3 Å². The van der Waals surface area contributed by atoms with Gasteiger partial charge in [-0.15, -0.1) is 0 Å². The molecule has 0 aliphatic heterocycles. The van der Waals surface area contributed by atoms with Crippen molar-refractivity contribution in [1.29, 1.82) is 0 Å². The number of aliphatic carboxylic acids is 1. The van der Waals surface area contributed by atoms with E-state index in [-0.39, 0.29) is 25.1 Å². The summed E-state index contributed by atoms with van der Waals surface area (Å²) >= 11 is 0. The van der Waals surface area contributed by atoms with E-state index in [1.807, 2.05) is 30.3 Å². The van der Waals surface area contributed by atoms with Gasteiger partial charge in [0.25, 0.3) is 0 Å². The summed E-state index contributed by atoms with van der Waals surface area (Å²) < 4.78 is 25.5. The van der Waals surface area contributed by atoms with Crippen LogP contribution in [-0.2, 0) is 26.0 Å². The van der Waals surface area contributed by atoms with Gasteiger partial charge in [0.05, 0.1) is 18.7 Å². The lowest BCUT2D eigenvalue weighted by atomic mass is 10.2. The Morgan fingerprint density at radius 2 is 1.75 bits per heavy atom. The van der Waals surface area contributed by atoms with Gasteiger partial charge >= 0.3 is 5.97 Å². The average molecular weight is 299 g/mol. The number of Topliss-reactive ketones (excluding diaryl/α,β-unsaturated/α-hetero) is 1. The van der Waals surface area contributed by atoms with Crippen molar-refractivity contribution in [2.24, 2.45) is 0 Å². The number of rotatable bonds is 9. The molecule has 0 aliphatic rings. The van der Waals surface area contributed by atoms with E-state index in [0.29, 0.717) is 6.42 Å². The van der Waals surface area contributed by atoms with Crippen molar-refractivity contribution >= 4 is 21.8 Å². The van der Waals surface area contributed by atoms with E-state index in [1.165, 1.54) is 0 Å². The second kappa shape index (κ2) is 7.76. The lowest BCUT2D eigenvalue weighted by Crippen LogP contribution is -2.32. The first-order chi connectivity index (χ1) is 9.39. The number of carbonyl (C=O) groups excluding carboxylic acids is 1. The molecule has 0 amide bonds. The standard InChI is InChI=1S/C13H17NO5S/c15-12(6-7-13(16)17)10-14-20(18,19)9-8-11-4-2-1-3-5-11/h1-5,14H,6-10H2,(H,16,17). The number of carbonyl (C=O) groups is 2. The summed E-state index contributed by atoms with van der Waals surface area (Å²) in [7, 11) is -3.53. The molecule has 1 rings (SSSR count). The van der Waals surface area contributed by atoms with Crippen LogP contribution in [0.2, 0.25) is 0 Å². The number of sulfonamides is 1. The zero-order valence-electron chi connectivity index (χ0n) is 10.9. The highest BCUT2D eigenvalue weighted by Gasteiger charge is 2.13. The van der Waals surface area contributed by atoms with Gasteiger partial charge in [0.15, 0.2) is 0 Å². The highest BCUT2D eigenvalue weighted by atomic mass is 32.2. The van der Waals surface area contributed by atoms with Crippen molar-refractivity contribution in [3.8, 4) is 0 Å². The van der Waals surface area contributed by atoms with Gasteiger partial charge in [-0.25, -0.2) is 13.1 Å². The third-order valence-corrected chi connectivity index (χ3v) is 3.93. The molecule has 0 atom stereocenters. The van der Waals surface area contributed by atoms with Crippen LogP contribution >= 0.6 is 0 Å². The first kappa shape index (κ1) is 16.3. The largest absolute Gasteiger partial charge is 0.481 e. The zero-order chi connectivity index (χ0) is 15.0. The number of hydrogen-bond donors (Lipinski definition) is 2. The van der Waals surface area contributed by atoms with Crippen LogP contribution in [0.5, 0.6) is 0 Å². The van der Waals surface area contributed by atoms with Crippen LogP contribution in [0.1, 0.15) is 18.4 Å². The third-order valence-electron chi connectivity index (χ3n) is 2.61. The number of benzene rings is 1. The van der Waals surface area contributed by atoms with Crippen LogP contribution < -0.4 is 4.72 Å². The Morgan fingerprint density at radius 1 is 1.10 bits per heavy atom. The van der Waals surface area contributed by atoms with Crippen molar-refractivity contribution in [2.75, 3.05) is 12.3 Å². The molecule has 1 aromatic rings. The molecule has 0 unspecified atom stereocenters. The predicted octanol–water partition coefficient (Wildman–Crippen LogP) is 0.582. The molecule has 1 aromatic carbocycles. The Balaban J connectivity index is 2.34. The second-order valence-corrected chi connectivity index (χ2v) is 6.23. The highest BCUT2D eigenvalue weighted by molar-refractivity contribution is 7.89. The number of carboxylic acids is 1. The molecular weight excluding hydrogens is 282 g/mol. The first-order valence-electron chi connectivity index (χ1n) is 6.14. The predicted molar refractivity (Wildman–Crippen MR) is 73.8 cm³/mol. The average Bonchev–Trinajstić information content (AvgIpc) is 2.42. The van der Waals surface area contributed by atoms with Crippen molar-refractivity contribution in [1.82, 2.24) is 4.72 Å². The van der Waals surface area contributed by atoms with Gasteiger partial charge in [0.1, 0.15) is 5.78 Å². The maximum absolute atomic E-state index is 11.7. The molecule has 0 saturated heterocycles. The minimum absolute atomic E-state index is 0.108. The molecule has 0 bridgehead atoms. The van der Waals surface area contributed by atoms with E-state index in [2.05, 4.69) is 4.72 Å². The molecule has 6 nitrogen and oxygen atoms in total. The summed E-state index contributed by atoms with van der Waals surface area (Å²) in [4.78, 5) is 21.6. The van der Waals surface area contributed by atoms with Gasteiger partial charge in [-0.2, -0.15) is 0 Å². The molecule has 0 fully saturated rings. The molecule has 20 heavy (non-hydrogen) atoms. The maximum Gasteiger partial charge on any atom is 0.303 e. The molecule has 7 heteroatoms. The van der Waals surface area contributed by atoms with Crippen LogP contribution in [0.3, 0.4) is 0 Å². The van der Waals surface area contributed by atoms with Gasteiger partial charge in [-0.3, -0.25) is 9.59 Å². The fraction of sp³-hybridized carbons (Fsp3) is 0.385. The Hall–Kier alpha value is -1.73. The van der Waals surface area contributed by atoms with Crippen molar-refractivity contribution in [2.45, 2.75) is 19.3 Å². The quantitative estimate of drug-likeness (QED) is 0.695. The molecule has 0 aromatic heterocycles. The molecule has 0 heterocycles. The van der Waals surface area contributed by atoms with E-state index in [9.17, 15) is 18.0 Å². The number of carboxylic acid groups (broad SMARTS) is 1. The number of nitrogens with one attached hydrogen (secondary N) is 1. The highest BCUT2D eigenvalue weighted by Crippen LogP contribution is 2.01. The summed E-state index contributed by atoms with van der Waals surface area (Å²) in [5.74, 6) is -1.62. The van der Waals surface area contributed by atoms with E-state index in [1.54, 1.807) is 0 Å². The first-order valence-corrected chi connectivity index (χ1v) is 7.79. The Morgan fingerprint density at radius 3 is 2.35 bits per heavy atom. The van der Waals surface area contributed by atoms with Crippen LogP contribution in [0, 0.1) is 0 Å². The van der Waals surface area contributed by atoms with E-state index in [4.69, 9.17) is 5.11 Å². The van der Waals surface area contributed by atoms with Crippen molar-refractivity contribution in [3.05, 3.63) is 35.9 Å². The van der Waals surface area contributed by atoms with Gasteiger partial charge in [-0.1, -0.05) is 30.3 Å². The molecule has 0 radical (unpaired) electrons. The Bertz CT molecular complexity index is 553. The van der Waals surface area contributed by atoms with Crippen molar-refractivity contribution in [3.63, 3.8) is 0 Å². The van der Waals surface area contributed by atoms with Crippen molar-refractivity contribution < 1.29 is 23.1 Å². The van der Waals surface area contributed by atoms with Gasteiger partial charge in [0, 0.05) is 6.42 Å². The summed E-state index contributed by atoms with van der Waals surface area (Å²) in [5.41, 5.74) is 0.898. The maximum atomic E-state index is 11.7. The number of hydrogen-bond acceptors (Lipinski definition) is 4. The smallest absolute Gasteiger partial charge is 0.303 e. The fourth-order valence-electron chi connectivity index (χ4n) is 1.49. The summed E-state index contributed by atoms with van der Waals surface area (Å²) in [6.45, 7) is -0.357. The number of ketones is 1. The molecule has 2 N–H and O–H groups in total. The van der Waals surface area contributed by atoms with Crippen LogP contribution in [-0.4, -0.2) is 37.6 Å². The zero-order valence-corrected chi connectivity index (χ0v) is 11.7. The van der Waals surface area contributed by atoms with E-state index >= 15 is 0 Å². The minimum atomic E-state index is -3.53. The lowest BCUT2D eigenvalue weighted by Gasteiger charge is -2.06. The lowest BCUT2D eigenvalue weighted by molar-refractivity contribution is -0.138. The second-order valence-electron chi connectivity index (χ2n) is 4.31. The topological polar surface area (TPSA) is 101 Å². The monoisotopic (exact) mass is 299 g/mol. The SMILES string of the molecule is O=C(O)CCC(=O)CNS(=O)(=O)CCc1ccccc1. The Labute approximate surface area is 117 Å². The van der Waals surface area contributed by atoms with E-state index in [0.717, 1.165) is 5.56 Å². The normalized spacial score (nSPS) is 11.2. The number of aryl methyl sites for hydroxylation is 1. The summed E-state index contributed by atoms with van der Waals surface area (Å²) in [6, 6.07) is 9.15. The summed E-state index contributed by atoms with van der Waals surface area (Å²) in [5, 5.41) is 8.41.